The van der Waals surface area contributed by atoms with E-state index in [1.807, 2.05) is 0 Å². The second-order valence-electron chi connectivity index (χ2n) is 13.7. The highest BCUT2D eigenvalue weighted by Gasteiger charge is 2.44. The van der Waals surface area contributed by atoms with E-state index in [1.165, 1.54) is 25.7 Å². The first-order chi connectivity index (χ1) is 25.4. The molecule has 0 aromatic heterocycles. The molecule has 6 unspecified atom stereocenters. The number of ether oxygens (including phenoxy) is 4. The highest BCUT2D eigenvalue weighted by atomic mass is 16.7. The summed E-state index contributed by atoms with van der Waals surface area (Å²) in [7, 11) is 0. The van der Waals surface area contributed by atoms with Gasteiger partial charge >= 0.3 is 5.97 Å². The summed E-state index contributed by atoms with van der Waals surface area (Å²) in [6.45, 7) is 4.32. The predicted molar refractivity (Wildman–Crippen MR) is 210 cm³/mol. The maximum atomic E-state index is 12.7. The van der Waals surface area contributed by atoms with E-state index in [9.17, 15) is 25.2 Å². The summed E-state index contributed by atoms with van der Waals surface area (Å²) in [5, 5.41) is 40.0. The molecule has 0 spiro atoms. The second-order valence-corrected chi connectivity index (χ2v) is 13.7. The molecule has 0 aromatic carbocycles. The lowest BCUT2D eigenvalue weighted by molar-refractivity contribution is -0.305. The number of aliphatic hydroxyl groups is 4. The van der Waals surface area contributed by atoms with Crippen LogP contribution in [0.1, 0.15) is 142 Å². The Kier molecular flexibility index (Phi) is 31.9. The molecule has 0 radical (unpaired) electrons. The third-order valence-electron chi connectivity index (χ3n) is 8.92. The molecule has 1 aliphatic rings. The van der Waals surface area contributed by atoms with E-state index >= 15 is 0 Å². The van der Waals surface area contributed by atoms with E-state index in [-0.39, 0.29) is 19.2 Å². The Bertz CT molecular complexity index is 974. The van der Waals surface area contributed by atoms with Gasteiger partial charge < -0.3 is 39.4 Å². The van der Waals surface area contributed by atoms with E-state index in [2.05, 4.69) is 74.6 Å². The third kappa shape index (κ3) is 25.8. The van der Waals surface area contributed by atoms with Crippen LogP contribution in [0.15, 0.2) is 60.8 Å². The maximum Gasteiger partial charge on any atom is 0.306 e. The third-order valence-corrected chi connectivity index (χ3v) is 8.92. The normalized spacial score (nSPS) is 21.8. The van der Waals surface area contributed by atoms with Gasteiger partial charge in [0.1, 0.15) is 30.5 Å². The molecule has 6 atom stereocenters. The molecule has 4 N–H and O–H groups in total. The van der Waals surface area contributed by atoms with Gasteiger partial charge in [0.05, 0.1) is 19.8 Å². The number of allylic oxidation sites excluding steroid dienone is 10. The van der Waals surface area contributed by atoms with Gasteiger partial charge in [0.15, 0.2) is 6.29 Å². The topological polar surface area (TPSA) is 135 Å². The average molecular weight is 735 g/mol. The molecule has 1 fully saturated rings. The monoisotopic (exact) mass is 735 g/mol. The van der Waals surface area contributed by atoms with E-state index in [4.69, 9.17) is 18.9 Å². The van der Waals surface area contributed by atoms with Crippen LogP contribution >= 0.6 is 0 Å². The number of aliphatic hydroxyl groups excluding tert-OH is 4. The first-order valence-corrected chi connectivity index (χ1v) is 20.4. The summed E-state index contributed by atoms with van der Waals surface area (Å²) in [5.41, 5.74) is 0. The molecule has 300 valence electrons. The Morgan fingerprint density at radius 3 is 1.77 bits per heavy atom. The predicted octanol–water partition coefficient (Wildman–Crippen LogP) is 8.35. The van der Waals surface area contributed by atoms with Gasteiger partial charge in [0.2, 0.25) is 0 Å². The molecule has 9 nitrogen and oxygen atoms in total. The number of carbonyl (C=O) groups excluding carboxylic acids is 1. The lowest BCUT2D eigenvalue weighted by atomic mass is 9.99. The van der Waals surface area contributed by atoms with Crippen molar-refractivity contribution in [2.75, 3.05) is 26.4 Å². The van der Waals surface area contributed by atoms with Gasteiger partial charge in [-0.05, 0) is 77.0 Å². The summed E-state index contributed by atoms with van der Waals surface area (Å²) in [5.74, 6) is -0.339. The van der Waals surface area contributed by atoms with Gasteiger partial charge in [-0.15, -0.1) is 0 Å². The highest BCUT2D eigenvalue weighted by Crippen LogP contribution is 2.22. The van der Waals surface area contributed by atoms with Crippen molar-refractivity contribution >= 4 is 5.97 Å². The lowest BCUT2D eigenvalue weighted by Gasteiger charge is -2.39. The van der Waals surface area contributed by atoms with Crippen LogP contribution in [0.3, 0.4) is 0 Å². The van der Waals surface area contributed by atoms with Crippen molar-refractivity contribution in [2.45, 2.75) is 179 Å². The number of carbonyl (C=O) groups is 1. The van der Waals surface area contributed by atoms with Crippen LogP contribution in [0.4, 0.5) is 0 Å². The van der Waals surface area contributed by atoms with E-state index in [1.54, 1.807) is 0 Å². The van der Waals surface area contributed by atoms with Gasteiger partial charge in [-0.3, -0.25) is 4.79 Å². The zero-order valence-electron chi connectivity index (χ0n) is 32.5. The molecule has 0 saturated carbocycles. The largest absolute Gasteiger partial charge is 0.457 e. The molecular formula is C43H74O9. The summed E-state index contributed by atoms with van der Waals surface area (Å²) >= 11 is 0. The number of hydrogen-bond acceptors (Lipinski definition) is 9. The molecule has 0 aromatic rings. The zero-order valence-corrected chi connectivity index (χ0v) is 32.5. The lowest BCUT2D eigenvalue weighted by Crippen LogP contribution is -2.59. The molecule has 1 aliphatic heterocycles. The van der Waals surface area contributed by atoms with Crippen molar-refractivity contribution in [1.82, 2.24) is 0 Å². The molecule has 0 aliphatic carbocycles. The van der Waals surface area contributed by atoms with Gasteiger partial charge in [-0.2, -0.15) is 0 Å². The molecule has 1 saturated heterocycles. The first kappa shape index (κ1) is 47.9. The Labute approximate surface area is 315 Å². The summed E-state index contributed by atoms with van der Waals surface area (Å²) in [6.07, 6.45) is 35.3. The Morgan fingerprint density at radius 1 is 0.635 bits per heavy atom. The van der Waals surface area contributed by atoms with Crippen LogP contribution in [-0.4, -0.2) is 89.6 Å². The minimum absolute atomic E-state index is 0.121. The minimum Gasteiger partial charge on any atom is -0.457 e. The molecular weight excluding hydrogens is 660 g/mol. The Morgan fingerprint density at radius 2 is 1.17 bits per heavy atom. The minimum atomic E-state index is -1.54. The maximum absolute atomic E-state index is 12.7. The van der Waals surface area contributed by atoms with Gasteiger partial charge in [-0.1, -0.05) is 120 Å². The molecule has 1 heterocycles. The summed E-state index contributed by atoms with van der Waals surface area (Å²) < 4.78 is 22.7. The Hall–Kier alpha value is -2.11. The van der Waals surface area contributed by atoms with Crippen LogP contribution in [0.5, 0.6) is 0 Å². The molecule has 9 heteroatoms. The fraction of sp³-hybridized carbons (Fsp3) is 0.744. The number of esters is 1. The van der Waals surface area contributed by atoms with Crippen molar-refractivity contribution in [2.24, 2.45) is 0 Å². The number of unbranched alkanes of at least 4 members (excludes halogenated alkanes) is 12. The van der Waals surface area contributed by atoms with Crippen LogP contribution < -0.4 is 0 Å². The Balaban J connectivity index is 2.35. The van der Waals surface area contributed by atoms with Gasteiger partial charge in [-0.25, -0.2) is 0 Å². The fourth-order valence-electron chi connectivity index (χ4n) is 5.71. The van der Waals surface area contributed by atoms with Gasteiger partial charge in [0.25, 0.3) is 0 Å². The van der Waals surface area contributed by atoms with Crippen LogP contribution in [-0.2, 0) is 23.7 Å². The average Bonchev–Trinajstić information content (AvgIpc) is 3.14. The molecule has 52 heavy (non-hydrogen) atoms. The van der Waals surface area contributed by atoms with Crippen molar-refractivity contribution in [1.29, 1.82) is 0 Å². The first-order valence-electron chi connectivity index (χ1n) is 20.4. The van der Waals surface area contributed by atoms with Crippen LogP contribution in [0.2, 0.25) is 0 Å². The fourth-order valence-corrected chi connectivity index (χ4v) is 5.71. The summed E-state index contributed by atoms with van der Waals surface area (Å²) in [4.78, 5) is 12.7. The van der Waals surface area contributed by atoms with Crippen molar-refractivity contribution in [3.8, 4) is 0 Å². The zero-order chi connectivity index (χ0) is 37.9. The SMILES string of the molecule is CC/C=C\C/C=C\C/C=C\CCCCCCOCC(COC1OC(CO)C(O)C(O)C1O)OC(=O)CCCCCCC/C=C\C/C=C\CCCCC. The van der Waals surface area contributed by atoms with E-state index in [0.29, 0.717) is 13.0 Å². The van der Waals surface area contributed by atoms with Crippen LogP contribution in [0, 0.1) is 0 Å². The van der Waals surface area contributed by atoms with E-state index < -0.39 is 43.4 Å². The second kappa shape index (κ2) is 34.6. The standard InChI is InChI=1S/C43H74O9/c1-3-5-7-9-11-13-15-17-19-20-22-24-26-28-30-32-39(45)51-37(36-50-43-42(48)41(47)40(46)38(34-44)52-43)35-49-33-31-29-27-25-23-21-18-16-14-12-10-8-6-4-2/h6,8,11-14,17-19,21,37-38,40-44,46-48H,3-5,7,9-10,15-16,20,22-36H2,1-2H3/b8-6-,13-11-,14-12-,19-17-,21-18-. The van der Waals surface area contributed by atoms with E-state index in [0.717, 1.165) is 96.3 Å². The van der Waals surface area contributed by atoms with Crippen molar-refractivity contribution in [3.63, 3.8) is 0 Å². The highest BCUT2D eigenvalue weighted by molar-refractivity contribution is 5.69. The van der Waals surface area contributed by atoms with Crippen molar-refractivity contribution < 1.29 is 44.2 Å². The molecule has 1 rings (SSSR count). The summed E-state index contributed by atoms with van der Waals surface area (Å²) in [6, 6.07) is 0. The van der Waals surface area contributed by atoms with Crippen LogP contribution in [0.25, 0.3) is 0 Å². The van der Waals surface area contributed by atoms with Crippen molar-refractivity contribution in [3.05, 3.63) is 60.8 Å². The number of rotatable bonds is 33. The smallest absolute Gasteiger partial charge is 0.306 e. The number of hydrogen-bond donors (Lipinski definition) is 4. The van der Waals surface area contributed by atoms with Gasteiger partial charge in [0, 0.05) is 13.0 Å². The molecule has 0 bridgehead atoms. The molecule has 0 amide bonds. The quantitative estimate of drug-likeness (QED) is 0.0298.